The van der Waals surface area contributed by atoms with Gasteiger partial charge in [0.2, 0.25) is 0 Å². The molecule has 19 heavy (non-hydrogen) atoms. The van der Waals surface area contributed by atoms with Crippen LogP contribution in [0.2, 0.25) is 0 Å². The average Bonchev–Trinajstić information content (AvgIpc) is 2.89. The molecule has 0 fully saturated rings. The normalized spacial score (nSPS) is 11.4. The molecule has 1 heterocycles. The van der Waals surface area contributed by atoms with Gasteiger partial charge in [0.1, 0.15) is 6.07 Å². The summed E-state index contributed by atoms with van der Waals surface area (Å²) in [6, 6.07) is 22.1. The third-order valence-corrected chi connectivity index (χ3v) is 3.05. The number of aromatic nitrogens is 1. The number of aromatic amines is 1. The summed E-state index contributed by atoms with van der Waals surface area (Å²) < 4.78 is 0. The van der Waals surface area contributed by atoms with Gasteiger partial charge in [-0.05, 0) is 23.8 Å². The van der Waals surface area contributed by atoms with Gasteiger partial charge in [0, 0.05) is 10.9 Å². The molecule has 2 heteroatoms. The molecule has 0 aliphatic rings. The van der Waals surface area contributed by atoms with Gasteiger partial charge in [-0.25, -0.2) is 0 Å². The largest absolute Gasteiger partial charge is 0.354 e. The molecule has 1 aromatic heterocycles. The number of para-hydroxylation sites is 1. The van der Waals surface area contributed by atoms with Crippen LogP contribution in [0.25, 0.3) is 22.6 Å². The molecule has 0 bridgehead atoms. The number of hydrogen-bond acceptors (Lipinski definition) is 1. The van der Waals surface area contributed by atoms with Crippen molar-refractivity contribution < 1.29 is 0 Å². The van der Waals surface area contributed by atoms with E-state index in [1.807, 2.05) is 66.7 Å². The van der Waals surface area contributed by atoms with Crippen LogP contribution in [0, 0.1) is 11.3 Å². The van der Waals surface area contributed by atoms with Crippen molar-refractivity contribution in [3.63, 3.8) is 0 Å². The van der Waals surface area contributed by atoms with Gasteiger partial charge in [-0.2, -0.15) is 5.26 Å². The predicted molar refractivity (Wildman–Crippen MR) is 78.2 cm³/mol. The van der Waals surface area contributed by atoms with Crippen LogP contribution in [0.3, 0.4) is 0 Å². The maximum absolute atomic E-state index is 9.33. The lowest BCUT2D eigenvalue weighted by molar-refractivity contribution is 1.40. The maximum Gasteiger partial charge on any atom is 0.101 e. The van der Waals surface area contributed by atoms with Crippen LogP contribution in [0.4, 0.5) is 0 Å². The molecular weight excluding hydrogens is 232 g/mol. The molecule has 90 valence electrons. The highest BCUT2D eigenvalue weighted by Gasteiger charge is 2.05. The lowest BCUT2D eigenvalue weighted by Gasteiger charge is -1.95. The Morgan fingerprint density at radius 3 is 2.47 bits per heavy atom. The first-order valence-corrected chi connectivity index (χ1v) is 6.12. The summed E-state index contributed by atoms with van der Waals surface area (Å²) in [5.41, 5.74) is 3.57. The number of rotatable bonds is 2. The summed E-state index contributed by atoms with van der Waals surface area (Å²) in [4.78, 5) is 3.28. The highest BCUT2D eigenvalue weighted by molar-refractivity contribution is 5.93. The molecule has 2 aromatic carbocycles. The minimum Gasteiger partial charge on any atom is -0.354 e. The maximum atomic E-state index is 9.33. The minimum atomic E-state index is 0.641. The molecule has 0 aliphatic heterocycles. The molecule has 0 saturated carbocycles. The lowest BCUT2D eigenvalue weighted by atomic mass is 10.1. The second-order valence-corrected chi connectivity index (χ2v) is 4.35. The molecule has 0 saturated heterocycles. The van der Waals surface area contributed by atoms with E-state index in [1.165, 1.54) is 0 Å². The summed E-state index contributed by atoms with van der Waals surface area (Å²) in [6.07, 6.45) is 1.89. The van der Waals surface area contributed by atoms with Crippen molar-refractivity contribution in [3.05, 3.63) is 71.9 Å². The number of hydrogen-bond donors (Lipinski definition) is 1. The van der Waals surface area contributed by atoms with Crippen molar-refractivity contribution in [3.8, 4) is 6.07 Å². The van der Waals surface area contributed by atoms with Crippen LogP contribution in [0.5, 0.6) is 0 Å². The first-order valence-electron chi connectivity index (χ1n) is 6.12. The monoisotopic (exact) mass is 244 g/mol. The number of benzene rings is 2. The Kier molecular flexibility index (Phi) is 2.88. The second-order valence-electron chi connectivity index (χ2n) is 4.35. The second kappa shape index (κ2) is 4.83. The molecule has 0 spiro atoms. The number of H-pyrrole nitrogens is 1. The van der Waals surface area contributed by atoms with Gasteiger partial charge in [-0.1, -0.05) is 48.5 Å². The first-order chi connectivity index (χ1) is 9.36. The van der Waals surface area contributed by atoms with Crippen molar-refractivity contribution in [2.24, 2.45) is 0 Å². The Balaban J connectivity index is 2.08. The summed E-state index contributed by atoms with van der Waals surface area (Å²) in [5, 5.41) is 10.4. The van der Waals surface area contributed by atoms with E-state index in [9.17, 15) is 5.26 Å². The number of allylic oxidation sites excluding steroid dienone is 1. The van der Waals surface area contributed by atoms with Crippen molar-refractivity contribution >= 4 is 22.6 Å². The Morgan fingerprint density at radius 1 is 1.00 bits per heavy atom. The highest BCUT2D eigenvalue weighted by Crippen LogP contribution is 2.22. The number of nitrogens with one attached hydrogen (secondary N) is 1. The lowest BCUT2D eigenvalue weighted by Crippen LogP contribution is -1.81. The van der Waals surface area contributed by atoms with Crippen LogP contribution in [0.15, 0.2) is 60.7 Å². The Hall–Kier alpha value is -2.79. The van der Waals surface area contributed by atoms with Crippen LogP contribution < -0.4 is 0 Å². The highest BCUT2D eigenvalue weighted by atomic mass is 14.7. The molecule has 0 radical (unpaired) electrons. The van der Waals surface area contributed by atoms with E-state index in [2.05, 4.69) is 11.1 Å². The van der Waals surface area contributed by atoms with Crippen molar-refractivity contribution in [1.82, 2.24) is 4.98 Å². The summed E-state index contributed by atoms with van der Waals surface area (Å²) in [7, 11) is 0. The third-order valence-electron chi connectivity index (χ3n) is 3.05. The molecular formula is C17H12N2. The molecule has 3 aromatic rings. The SMILES string of the molecule is N#CC(=Cc1ccccc1)c1cc2ccccc2[nH]1. The third kappa shape index (κ3) is 2.27. The molecule has 0 amide bonds. The van der Waals surface area contributed by atoms with Crippen LogP contribution in [-0.4, -0.2) is 4.98 Å². The summed E-state index contributed by atoms with van der Waals surface area (Å²) in [6.45, 7) is 0. The molecule has 0 atom stereocenters. The fourth-order valence-electron chi connectivity index (χ4n) is 2.10. The Labute approximate surface area is 111 Å². The van der Waals surface area contributed by atoms with E-state index in [4.69, 9.17) is 0 Å². The zero-order valence-corrected chi connectivity index (χ0v) is 10.3. The summed E-state index contributed by atoms with van der Waals surface area (Å²) >= 11 is 0. The van der Waals surface area contributed by atoms with Gasteiger partial charge in [0.15, 0.2) is 0 Å². The molecule has 2 nitrogen and oxygen atoms in total. The van der Waals surface area contributed by atoms with E-state index in [0.717, 1.165) is 22.2 Å². The van der Waals surface area contributed by atoms with Gasteiger partial charge >= 0.3 is 0 Å². The molecule has 0 unspecified atom stereocenters. The topological polar surface area (TPSA) is 39.6 Å². The fraction of sp³-hybridized carbons (Fsp3) is 0. The number of fused-ring (bicyclic) bond motifs is 1. The smallest absolute Gasteiger partial charge is 0.101 e. The van der Waals surface area contributed by atoms with Crippen LogP contribution in [0.1, 0.15) is 11.3 Å². The molecule has 0 aliphatic carbocycles. The van der Waals surface area contributed by atoms with Crippen LogP contribution in [-0.2, 0) is 0 Å². The van der Waals surface area contributed by atoms with Crippen LogP contribution >= 0.6 is 0 Å². The van der Waals surface area contributed by atoms with Gasteiger partial charge in [-0.15, -0.1) is 0 Å². The summed E-state index contributed by atoms with van der Waals surface area (Å²) in [5.74, 6) is 0. The molecule has 1 N–H and O–H groups in total. The van der Waals surface area contributed by atoms with E-state index < -0.39 is 0 Å². The fourth-order valence-corrected chi connectivity index (χ4v) is 2.10. The first kappa shape index (κ1) is 11.3. The van der Waals surface area contributed by atoms with Gasteiger partial charge < -0.3 is 4.98 Å². The van der Waals surface area contributed by atoms with E-state index >= 15 is 0 Å². The Morgan fingerprint density at radius 2 is 1.74 bits per heavy atom. The predicted octanol–water partition coefficient (Wildman–Crippen LogP) is 4.23. The van der Waals surface area contributed by atoms with E-state index in [1.54, 1.807) is 0 Å². The van der Waals surface area contributed by atoms with Crippen molar-refractivity contribution in [1.29, 1.82) is 5.26 Å². The zero-order chi connectivity index (χ0) is 13.1. The Bertz CT molecular complexity index is 741. The molecule has 3 rings (SSSR count). The number of nitriles is 1. The average molecular weight is 244 g/mol. The standard InChI is InChI=1S/C17H12N2/c18-12-15(10-13-6-2-1-3-7-13)17-11-14-8-4-5-9-16(14)19-17/h1-11,19H. The van der Waals surface area contributed by atoms with Crippen molar-refractivity contribution in [2.45, 2.75) is 0 Å². The van der Waals surface area contributed by atoms with Crippen molar-refractivity contribution in [2.75, 3.05) is 0 Å². The van der Waals surface area contributed by atoms with E-state index in [0.29, 0.717) is 5.57 Å². The van der Waals surface area contributed by atoms with E-state index in [-0.39, 0.29) is 0 Å². The minimum absolute atomic E-state index is 0.641. The zero-order valence-electron chi connectivity index (χ0n) is 10.3. The number of nitrogens with zero attached hydrogens (tertiary/aromatic N) is 1. The quantitative estimate of drug-likeness (QED) is 0.673. The van der Waals surface area contributed by atoms with Gasteiger partial charge in [0.25, 0.3) is 0 Å². The van der Waals surface area contributed by atoms with Gasteiger partial charge in [0.05, 0.1) is 11.3 Å². The van der Waals surface area contributed by atoms with Gasteiger partial charge in [-0.3, -0.25) is 0 Å².